The van der Waals surface area contributed by atoms with Gasteiger partial charge in [0.1, 0.15) is 5.75 Å². The lowest BCUT2D eigenvalue weighted by Gasteiger charge is -2.07. The first-order valence-corrected chi connectivity index (χ1v) is 4.39. The summed E-state index contributed by atoms with van der Waals surface area (Å²) in [5.41, 5.74) is 0.994. The van der Waals surface area contributed by atoms with Crippen molar-refractivity contribution < 1.29 is 5.11 Å². The third-order valence-electron chi connectivity index (χ3n) is 1.61. The fourth-order valence-corrected chi connectivity index (χ4v) is 1.35. The van der Waals surface area contributed by atoms with Gasteiger partial charge in [-0.15, -0.1) is 0 Å². The largest absolute Gasteiger partial charge is 0.508 e. The molecular formula is C9H11BrO. The van der Waals surface area contributed by atoms with Gasteiger partial charge >= 0.3 is 0 Å². The van der Waals surface area contributed by atoms with Crippen molar-refractivity contribution in [1.29, 1.82) is 0 Å². The molecule has 11 heavy (non-hydrogen) atoms. The number of benzene rings is 1. The third-order valence-corrected chi connectivity index (χ3v) is 2.11. The SMILES string of the molecule is CC(C)c1ccc(Br)cc1O. The second-order valence-corrected chi connectivity index (χ2v) is 3.77. The Hall–Kier alpha value is -0.500. The van der Waals surface area contributed by atoms with Crippen LogP contribution in [0.15, 0.2) is 22.7 Å². The van der Waals surface area contributed by atoms with Gasteiger partial charge in [-0.1, -0.05) is 35.8 Å². The summed E-state index contributed by atoms with van der Waals surface area (Å²) in [5.74, 6) is 0.748. The molecule has 1 aromatic carbocycles. The smallest absolute Gasteiger partial charge is 0.120 e. The van der Waals surface area contributed by atoms with Crippen LogP contribution in [-0.4, -0.2) is 5.11 Å². The van der Waals surface area contributed by atoms with Crippen LogP contribution in [0, 0.1) is 0 Å². The zero-order chi connectivity index (χ0) is 8.43. The van der Waals surface area contributed by atoms with E-state index in [1.165, 1.54) is 0 Å². The van der Waals surface area contributed by atoms with Gasteiger partial charge in [0.15, 0.2) is 0 Å². The molecule has 0 saturated heterocycles. The van der Waals surface area contributed by atoms with Crippen molar-refractivity contribution in [2.24, 2.45) is 0 Å². The molecule has 0 radical (unpaired) electrons. The Morgan fingerprint density at radius 2 is 2.00 bits per heavy atom. The lowest BCUT2D eigenvalue weighted by atomic mass is 10.0. The Morgan fingerprint density at radius 1 is 1.36 bits per heavy atom. The van der Waals surface area contributed by atoms with E-state index in [0.717, 1.165) is 10.0 Å². The van der Waals surface area contributed by atoms with Gasteiger partial charge in [-0.3, -0.25) is 0 Å². The van der Waals surface area contributed by atoms with Gasteiger partial charge in [0, 0.05) is 4.47 Å². The van der Waals surface area contributed by atoms with E-state index in [1.807, 2.05) is 12.1 Å². The maximum atomic E-state index is 9.43. The average Bonchev–Trinajstić information content (AvgIpc) is 1.85. The van der Waals surface area contributed by atoms with E-state index in [0.29, 0.717) is 11.7 Å². The van der Waals surface area contributed by atoms with E-state index in [2.05, 4.69) is 29.8 Å². The second-order valence-electron chi connectivity index (χ2n) is 2.86. The standard InChI is InChI=1S/C9H11BrO/c1-6(2)8-4-3-7(10)5-9(8)11/h3-6,11H,1-2H3. The molecule has 0 bridgehead atoms. The minimum absolute atomic E-state index is 0.370. The summed E-state index contributed by atoms with van der Waals surface area (Å²) in [6, 6.07) is 5.59. The molecule has 0 spiro atoms. The molecule has 1 rings (SSSR count). The molecule has 0 aliphatic rings. The average molecular weight is 215 g/mol. The highest BCUT2D eigenvalue weighted by molar-refractivity contribution is 9.10. The van der Waals surface area contributed by atoms with Crippen molar-refractivity contribution in [3.8, 4) is 5.75 Å². The monoisotopic (exact) mass is 214 g/mol. The third kappa shape index (κ3) is 1.96. The van der Waals surface area contributed by atoms with Crippen LogP contribution >= 0.6 is 15.9 Å². The highest BCUT2D eigenvalue weighted by Crippen LogP contribution is 2.27. The zero-order valence-electron chi connectivity index (χ0n) is 6.63. The molecule has 0 unspecified atom stereocenters. The second kappa shape index (κ2) is 3.26. The molecule has 0 aliphatic heterocycles. The topological polar surface area (TPSA) is 20.2 Å². The highest BCUT2D eigenvalue weighted by Gasteiger charge is 2.04. The molecule has 0 heterocycles. The Kier molecular flexibility index (Phi) is 2.55. The first-order chi connectivity index (χ1) is 5.11. The van der Waals surface area contributed by atoms with Crippen LogP contribution < -0.4 is 0 Å². The lowest BCUT2D eigenvalue weighted by molar-refractivity contribution is 0.464. The summed E-state index contributed by atoms with van der Waals surface area (Å²) in [4.78, 5) is 0. The predicted molar refractivity (Wildman–Crippen MR) is 49.9 cm³/mol. The summed E-state index contributed by atoms with van der Waals surface area (Å²) < 4.78 is 0.916. The molecule has 1 aromatic rings. The van der Waals surface area contributed by atoms with Crippen molar-refractivity contribution in [1.82, 2.24) is 0 Å². The van der Waals surface area contributed by atoms with Crippen LogP contribution in [-0.2, 0) is 0 Å². The van der Waals surface area contributed by atoms with Gasteiger partial charge in [-0.05, 0) is 23.6 Å². The van der Waals surface area contributed by atoms with Gasteiger partial charge in [0.25, 0.3) is 0 Å². The van der Waals surface area contributed by atoms with Crippen LogP contribution in [0.4, 0.5) is 0 Å². The van der Waals surface area contributed by atoms with Crippen LogP contribution in [0.2, 0.25) is 0 Å². The number of phenolic OH excluding ortho intramolecular Hbond substituents is 1. The molecule has 0 aromatic heterocycles. The summed E-state index contributed by atoms with van der Waals surface area (Å²) in [6.07, 6.45) is 0. The minimum atomic E-state index is 0.370. The van der Waals surface area contributed by atoms with E-state index in [1.54, 1.807) is 6.07 Å². The fraction of sp³-hybridized carbons (Fsp3) is 0.333. The molecule has 0 aliphatic carbocycles. The van der Waals surface area contributed by atoms with Gasteiger partial charge in [0.2, 0.25) is 0 Å². The Balaban J connectivity index is 3.09. The van der Waals surface area contributed by atoms with E-state index in [-0.39, 0.29) is 0 Å². The molecule has 1 N–H and O–H groups in total. The molecule has 0 fully saturated rings. The van der Waals surface area contributed by atoms with Crippen LogP contribution in [0.5, 0.6) is 5.75 Å². The van der Waals surface area contributed by atoms with Gasteiger partial charge in [0.05, 0.1) is 0 Å². The number of phenols is 1. The molecule has 0 atom stereocenters. The Morgan fingerprint density at radius 3 is 2.45 bits per heavy atom. The summed E-state index contributed by atoms with van der Waals surface area (Å²) >= 11 is 3.29. The van der Waals surface area contributed by atoms with E-state index < -0.39 is 0 Å². The van der Waals surface area contributed by atoms with Crippen molar-refractivity contribution in [2.75, 3.05) is 0 Å². The fourth-order valence-electron chi connectivity index (χ4n) is 1.01. The van der Waals surface area contributed by atoms with Crippen molar-refractivity contribution >= 4 is 15.9 Å². The number of halogens is 1. The maximum absolute atomic E-state index is 9.43. The quantitative estimate of drug-likeness (QED) is 0.762. The van der Waals surface area contributed by atoms with Gasteiger partial charge in [-0.2, -0.15) is 0 Å². The number of rotatable bonds is 1. The van der Waals surface area contributed by atoms with E-state index in [4.69, 9.17) is 0 Å². The van der Waals surface area contributed by atoms with Crippen LogP contribution in [0.1, 0.15) is 25.3 Å². The van der Waals surface area contributed by atoms with Crippen molar-refractivity contribution in [2.45, 2.75) is 19.8 Å². The normalized spacial score (nSPS) is 10.5. The number of aromatic hydroxyl groups is 1. The Labute approximate surface area is 75.2 Å². The number of hydrogen-bond donors (Lipinski definition) is 1. The predicted octanol–water partition coefficient (Wildman–Crippen LogP) is 3.28. The Bertz CT molecular complexity index is 256. The molecular weight excluding hydrogens is 204 g/mol. The summed E-state index contributed by atoms with van der Waals surface area (Å²) in [7, 11) is 0. The summed E-state index contributed by atoms with van der Waals surface area (Å²) in [6.45, 7) is 4.12. The zero-order valence-corrected chi connectivity index (χ0v) is 8.22. The lowest BCUT2D eigenvalue weighted by Crippen LogP contribution is -1.86. The van der Waals surface area contributed by atoms with Crippen LogP contribution in [0.25, 0.3) is 0 Å². The van der Waals surface area contributed by atoms with Gasteiger partial charge in [-0.25, -0.2) is 0 Å². The van der Waals surface area contributed by atoms with Gasteiger partial charge < -0.3 is 5.11 Å². The molecule has 0 amide bonds. The maximum Gasteiger partial charge on any atom is 0.120 e. The minimum Gasteiger partial charge on any atom is -0.508 e. The molecule has 60 valence electrons. The molecule has 0 saturated carbocycles. The highest BCUT2D eigenvalue weighted by atomic mass is 79.9. The summed E-state index contributed by atoms with van der Waals surface area (Å²) in [5, 5.41) is 9.43. The number of hydrogen-bond acceptors (Lipinski definition) is 1. The first kappa shape index (κ1) is 8.60. The van der Waals surface area contributed by atoms with Crippen LogP contribution in [0.3, 0.4) is 0 Å². The molecule has 2 heteroatoms. The van der Waals surface area contributed by atoms with E-state index in [9.17, 15) is 5.11 Å². The molecule has 1 nitrogen and oxygen atoms in total. The van der Waals surface area contributed by atoms with Crippen molar-refractivity contribution in [3.05, 3.63) is 28.2 Å². The van der Waals surface area contributed by atoms with E-state index >= 15 is 0 Å². The van der Waals surface area contributed by atoms with Crippen molar-refractivity contribution in [3.63, 3.8) is 0 Å². The first-order valence-electron chi connectivity index (χ1n) is 3.59.